The molecule has 1 aromatic heterocycles. The molecule has 1 amide bonds. The third-order valence-electron chi connectivity index (χ3n) is 5.79. The van der Waals surface area contributed by atoms with Gasteiger partial charge in [0.1, 0.15) is 5.01 Å². The summed E-state index contributed by atoms with van der Waals surface area (Å²) in [5.74, 6) is 1.86. The van der Waals surface area contributed by atoms with E-state index in [0.29, 0.717) is 37.1 Å². The number of amides is 1. The molecule has 1 aliphatic heterocycles. The molecule has 0 radical (unpaired) electrons. The Bertz CT molecular complexity index is 829. The summed E-state index contributed by atoms with van der Waals surface area (Å²) >= 11 is 1.73. The van der Waals surface area contributed by atoms with Gasteiger partial charge in [-0.15, -0.1) is 10.2 Å². The summed E-state index contributed by atoms with van der Waals surface area (Å²) in [6.07, 6.45) is 6.43. The molecule has 162 valence electrons. The van der Waals surface area contributed by atoms with Crippen molar-refractivity contribution in [1.82, 2.24) is 15.1 Å². The maximum Gasteiger partial charge on any atom is 0.260 e. The molecule has 1 saturated carbocycles. The van der Waals surface area contributed by atoms with Crippen LogP contribution < -0.4 is 14.4 Å². The zero-order valence-corrected chi connectivity index (χ0v) is 18.4. The number of anilines is 1. The molecule has 2 aliphatic rings. The number of ether oxygens (including phenoxy) is 2. The van der Waals surface area contributed by atoms with Crippen LogP contribution >= 0.6 is 11.3 Å². The number of aromatic nitrogens is 2. The van der Waals surface area contributed by atoms with Gasteiger partial charge in [-0.05, 0) is 31.9 Å². The highest BCUT2D eigenvalue weighted by atomic mass is 32.1. The van der Waals surface area contributed by atoms with Crippen LogP contribution in [-0.2, 0) is 4.79 Å². The monoisotopic (exact) mass is 430 g/mol. The van der Waals surface area contributed by atoms with Gasteiger partial charge in [-0.1, -0.05) is 42.7 Å². The fourth-order valence-corrected chi connectivity index (χ4v) is 5.16. The summed E-state index contributed by atoms with van der Waals surface area (Å²) in [5, 5.41) is 11.1. The molecule has 0 unspecified atom stereocenters. The maximum absolute atomic E-state index is 12.6. The van der Waals surface area contributed by atoms with Crippen LogP contribution in [0.4, 0.5) is 5.13 Å². The molecule has 7 nitrogen and oxygen atoms in total. The van der Waals surface area contributed by atoms with Crippen LogP contribution in [0.5, 0.6) is 11.5 Å². The summed E-state index contributed by atoms with van der Waals surface area (Å²) in [6, 6.07) is 7.46. The Kier molecular flexibility index (Phi) is 7.04. The Labute approximate surface area is 182 Å². The van der Waals surface area contributed by atoms with E-state index in [1.165, 1.54) is 37.1 Å². The van der Waals surface area contributed by atoms with E-state index in [2.05, 4.69) is 15.1 Å². The molecule has 1 aromatic carbocycles. The molecule has 0 atom stereocenters. The van der Waals surface area contributed by atoms with Gasteiger partial charge < -0.3 is 19.3 Å². The Morgan fingerprint density at radius 1 is 1.03 bits per heavy atom. The van der Waals surface area contributed by atoms with Gasteiger partial charge in [0.15, 0.2) is 18.1 Å². The van der Waals surface area contributed by atoms with Gasteiger partial charge in [-0.3, -0.25) is 4.79 Å². The molecule has 4 rings (SSSR count). The lowest BCUT2D eigenvalue weighted by atomic mass is 9.90. The first kappa shape index (κ1) is 20.9. The number of carbonyl (C=O) groups excluding carboxylic acids is 1. The van der Waals surface area contributed by atoms with Crippen LogP contribution in [-0.4, -0.2) is 60.4 Å². The van der Waals surface area contributed by atoms with Crippen LogP contribution in [0.2, 0.25) is 0 Å². The van der Waals surface area contributed by atoms with Crippen molar-refractivity contribution >= 4 is 22.4 Å². The highest BCUT2D eigenvalue weighted by Gasteiger charge is 2.25. The van der Waals surface area contributed by atoms with Crippen LogP contribution in [0, 0.1) is 0 Å². The zero-order valence-electron chi connectivity index (χ0n) is 17.6. The minimum Gasteiger partial charge on any atom is -0.490 e. The number of hydrogen-bond acceptors (Lipinski definition) is 7. The average molecular weight is 431 g/mol. The van der Waals surface area contributed by atoms with E-state index in [-0.39, 0.29) is 12.5 Å². The molecule has 1 aliphatic carbocycles. The van der Waals surface area contributed by atoms with Crippen molar-refractivity contribution in [2.45, 2.75) is 44.9 Å². The smallest absolute Gasteiger partial charge is 0.260 e. The SMILES string of the molecule is CCOc1ccccc1OCC(=O)N1CCN(c2nnc(C3CCCCC3)s2)CC1. The summed E-state index contributed by atoms with van der Waals surface area (Å²) < 4.78 is 11.3. The summed E-state index contributed by atoms with van der Waals surface area (Å²) in [5.41, 5.74) is 0. The van der Waals surface area contributed by atoms with Crippen molar-refractivity contribution in [3.05, 3.63) is 29.3 Å². The lowest BCUT2D eigenvalue weighted by molar-refractivity contribution is -0.133. The van der Waals surface area contributed by atoms with Crippen molar-refractivity contribution < 1.29 is 14.3 Å². The van der Waals surface area contributed by atoms with E-state index in [4.69, 9.17) is 9.47 Å². The number of benzene rings is 1. The summed E-state index contributed by atoms with van der Waals surface area (Å²) in [7, 11) is 0. The average Bonchev–Trinajstić information content (AvgIpc) is 3.30. The van der Waals surface area contributed by atoms with Gasteiger partial charge in [-0.2, -0.15) is 0 Å². The Balaban J connectivity index is 1.26. The maximum atomic E-state index is 12.6. The molecule has 2 aromatic rings. The zero-order chi connectivity index (χ0) is 20.8. The van der Waals surface area contributed by atoms with E-state index < -0.39 is 0 Å². The molecule has 2 fully saturated rings. The highest BCUT2D eigenvalue weighted by Crippen LogP contribution is 2.36. The van der Waals surface area contributed by atoms with E-state index in [1.807, 2.05) is 36.1 Å². The third-order valence-corrected chi connectivity index (χ3v) is 6.93. The van der Waals surface area contributed by atoms with Gasteiger partial charge in [-0.25, -0.2) is 0 Å². The van der Waals surface area contributed by atoms with Crippen molar-refractivity contribution in [3.63, 3.8) is 0 Å². The van der Waals surface area contributed by atoms with E-state index >= 15 is 0 Å². The predicted octanol–water partition coefficient (Wildman–Crippen LogP) is 3.71. The normalized spacial score (nSPS) is 17.8. The molecule has 0 bridgehead atoms. The van der Waals surface area contributed by atoms with Crippen LogP contribution in [0.3, 0.4) is 0 Å². The van der Waals surface area contributed by atoms with Crippen LogP contribution in [0.25, 0.3) is 0 Å². The Hall–Kier alpha value is -2.35. The summed E-state index contributed by atoms with van der Waals surface area (Å²) in [4.78, 5) is 16.7. The fourth-order valence-electron chi connectivity index (χ4n) is 4.09. The standard InChI is InChI=1S/C22H30N4O3S/c1-2-28-18-10-6-7-11-19(18)29-16-20(27)25-12-14-26(15-13-25)22-24-23-21(30-22)17-8-4-3-5-9-17/h6-7,10-11,17H,2-5,8-9,12-16H2,1H3. The predicted molar refractivity (Wildman–Crippen MR) is 118 cm³/mol. The van der Waals surface area contributed by atoms with Gasteiger partial charge >= 0.3 is 0 Å². The molecule has 2 heterocycles. The first-order chi connectivity index (χ1) is 14.7. The first-order valence-corrected chi connectivity index (χ1v) is 11.8. The lowest BCUT2D eigenvalue weighted by Gasteiger charge is -2.34. The third kappa shape index (κ3) is 5.03. The van der Waals surface area contributed by atoms with E-state index in [1.54, 1.807) is 11.3 Å². The Morgan fingerprint density at radius 2 is 1.73 bits per heavy atom. The van der Waals surface area contributed by atoms with Gasteiger partial charge in [0.25, 0.3) is 5.91 Å². The number of piperazine rings is 1. The van der Waals surface area contributed by atoms with Gasteiger partial charge in [0.05, 0.1) is 6.61 Å². The van der Waals surface area contributed by atoms with Crippen molar-refractivity contribution in [2.75, 3.05) is 44.3 Å². The van der Waals surface area contributed by atoms with E-state index in [9.17, 15) is 4.79 Å². The number of rotatable bonds is 7. The molecule has 1 saturated heterocycles. The molecule has 8 heteroatoms. The number of hydrogen-bond donors (Lipinski definition) is 0. The minimum atomic E-state index is 0.00103. The second-order valence-corrected chi connectivity index (χ2v) is 8.78. The molecular weight excluding hydrogens is 400 g/mol. The molecule has 0 spiro atoms. The molecule has 30 heavy (non-hydrogen) atoms. The Morgan fingerprint density at radius 3 is 2.43 bits per heavy atom. The molecule has 0 N–H and O–H groups in total. The molecular formula is C22H30N4O3S. The number of carbonyl (C=O) groups is 1. The lowest BCUT2D eigenvalue weighted by Crippen LogP contribution is -2.50. The second-order valence-electron chi connectivity index (χ2n) is 7.79. The van der Waals surface area contributed by atoms with Crippen molar-refractivity contribution in [3.8, 4) is 11.5 Å². The van der Waals surface area contributed by atoms with Crippen LogP contribution in [0.15, 0.2) is 24.3 Å². The fraction of sp³-hybridized carbons (Fsp3) is 0.591. The topological polar surface area (TPSA) is 67.8 Å². The second kappa shape index (κ2) is 10.1. The van der Waals surface area contributed by atoms with Gasteiger partial charge in [0, 0.05) is 32.1 Å². The quantitative estimate of drug-likeness (QED) is 0.667. The van der Waals surface area contributed by atoms with Crippen LogP contribution in [0.1, 0.15) is 50.0 Å². The van der Waals surface area contributed by atoms with E-state index in [0.717, 1.165) is 18.2 Å². The number of nitrogens with zero attached hydrogens (tertiary/aromatic N) is 4. The first-order valence-electron chi connectivity index (χ1n) is 11.0. The highest BCUT2D eigenvalue weighted by molar-refractivity contribution is 7.15. The number of para-hydroxylation sites is 2. The minimum absolute atomic E-state index is 0.00103. The summed E-state index contributed by atoms with van der Waals surface area (Å²) in [6.45, 7) is 5.42. The van der Waals surface area contributed by atoms with Crippen molar-refractivity contribution in [2.24, 2.45) is 0 Å². The largest absolute Gasteiger partial charge is 0.490 e. The van der Waals surface area contributed by atoms with Gasteiger partial charge in [0.2, 0.25) is 5.13 Å². The van der Waals surface area contributed by atoms with Crippen molar-refractivity contribution in [1.29, 1.82) is 0 Å².